The number of piperidine rings is 1. The van der Waals surface area contributed by atoms with Crippen LogP contribution < -0.4 is 4.90 Å². The third kappa shape index (κ3) is 4.41. The zero-order valence-corrected chi connectivity index (χ0v) is 16.5. The molecule has 2 heterocycles. The first-order valence-electron chi connectivity index (χ1n) is 8.98. The minimum absolute atomic E-state index is 0.132. The van der Waals surface area contributed by atoms with Gasteiger partial charge in [0.1, 0.15) is 11.6 Å². The molecule has 2 aromatic rings. The van der Waals surface area contributed by atoms with Gasteiger partial charge in [-0.3, -0.25) is 4.79 Å². The summed E-state index contributed by atoms with van der Waals surface area (Å²) in [5, 5.41) is 0. The largest absolute Gasteiger partial charge is 0.357 e. The maximum Gasteiger partial charge on any atom is 0.256 e. The van der Waals surface area contributed by atoms with E-state index in [4.69, 9.17) is 0 Å². The van der Waals surface area contributed by atoms with Crippen molar-refractivity contribution in [3.8, 4) is 0 Å². The number of hydrogen-bond acceptors (Lipinski definition) is 3. The Bertz CT molecular complexity index is 748. The second-order valence-electron chi connectivity index (χ2n) is 6.59. The van der Waals surface area contributed by atoms with Crippen molar-refractivity contribution in [2.45, 2.75) is 19.8 Å². The van der Waals surface area contributed by atoms with Crippen LogP contribution in [0, 0.1) is 11.7 Å². The molecule has 0 unspecified atom stereocenters. The van der Waals surface area contributed by atoms with Crippen molar-refractivity contribution in [2.75, 3.05) is 31.1 Å². The molecular formula is C20H23BrFN3O. The monoisotopic (exact) mass is 419 g/mol. The Morgan fingerprint density at radius 3 is 2.73 bits per heavy atom. The lowest BCUT2D eigenvalue weighted by atomic mass is 9.95. The van der Waals surface area contributed by atoms with Crippen molar-refractivity contribution in [1.29, 1.82) is 0 Å². The molecule has 1 aromatic carbocycles. The summed E-state index contributed by atoms with van der Waals surface area (Å²) in [7, 11) is 0. The standard InChI is InChI=1S/C20H23BrFN3O/c1-2-24(20(26)17-13-16(21)6-7-18(17)22)14-15-8-11-25(12-9-15)19-5-3-4-10-23-19/h3-7,10,13,15H,2,8-9,11-12,14H2,1H3. The van der Waals surface area contributed by atoms with E-state index in [1.54, 1.807) is 17.0 Å². The van der Waals surface area contributed by atoms with Crippen molar-refractivity contribution in [3.63, 3.8) is 0 Å². The first-order valence-corrected chi connectivity index (χ1v) is 9.78. The summed E-state index contributed by atoms with van der Waals surface area (Å²) in [4.78, 5) is 21.2. The highest BCUT2D eigenvalue weighted by Gasteiger charge is 2.25. The SMILES string of the molecule is CCN(CC1CCN(c2ccccn2)CC1)C(=O)c1cc(Br)ccc1F. The summed E-state index contributed by atoms with van der Waals surface area (Å²) >= 11 is 3.31. The lowest BCUT2D eigenvalue weighted by Gasteiger charge is -2.35. The molecular weight excluding hydrogens is 397 g/mol. The van der Waals surface area contributed by atoms with Gasteiger partial charge in [-0.1, -0.05) is 22.0 Å². The summed E-state index contributed by atoms with van der Waals surface area (Å²) in [6.45, 7) is 5.04. The molecule has 0 atom stereocenters. The number of carbonyl (C=O) groups excluding carboxylic acids is 1. The van der Waals surface area contributed by atoms with Crippen molar-refractivity contribution < 1.29 is 9.18 Å². The van der Waals surface area contributed by atoms with Crippen molar-refractivity contribution >= 4 is 27.7 Å². The van der Waals surface area contributed by atoms with Gasteiger partial charge < -0.3 is 9.80 Å². The summed E-state index contributed by atoms with van der Waals surface area (Å²) < 4.78 is 14.8. The molecule has 0 saturated carbocycles. The highest BCUT2D eigenvalue weighted by atomic mass is 79.9. The van der Waals surface area contributed by atoms with E-state index in [1.165, 1.54) is 6.07 Å². The third-order valence-electron chi connectivity index (χ3n) is 4.89. The average Bonchev–Trinajstić information content (AvgIpc) is 2.68. The summed E-state index contributed by atoms with van der Waals surface area (Å²) in [5.41, 5.74) is 0.132. The van der Waals surface area contributed by atoms with Crippen LogP contribution in [0.25, 0.3) is 0 Å². The second kappa shape index (κ2) is 8.62. The number of benzene rings is 1. The smallest absolute Gasteiger partial charge is 0.256 e. The predicted molar refractivity (Wildman–Crippen MR) is 105 cm³/mol. The summed E-state index contributed by atoms with van der Waals surface area (Å²) in [6.07, 6.45) is 3.81. The molecule has 1 aromatic heterocycles. The lowest BCUT2D eigenvalue weighted by molar-refractivity contribution is 0.0724. The molecule has 1 saturated heterocycles. The Morgan fingerprint density at radius 1 is 1.31 bits per heavy atom. The van der Waals surface area contributed by atoms with E-state index in [0.717, 1.165) is 31.7 Å². The Morgan fingerprint density at radius 2 is 2.08 bits per heavy atom. The van der Waals surface area contributed by atoms with Crippen LogP contribution in [0.4, 0.5) is 10.2 Å². The molecule has 1 aliphatic rings. The highest BCUT2D eigenvalue weighted by Crippen LogP contribution is 2.24. The van der Waals surface area contributed by atoms with Crippen LogP contribution in [-0.4, -0.2) is 42.0 Å². The number of halogens is 2. The van der Waals surface area contributed by atoms with E-state index < -0.39 is 5.82 Å². The minimum atomic E-state index is -0.471. The van der Waals surface area contributed by atoms with E-state index in [-0.39, 0.29) is 11.5 Å². The van der Waals surface area contributed by atoms with Crippen LogP contribution in [0.2, 0.25) is 0 Å². The van der Waals surface area contributed by atoms with Crippen LogP contribution in [0.15, 0.2) is 47.1 Å². The van der Waals surface area contributed by atoms with E-state index in [9.17, 15) is 9.18 Å². The Labute approximate surface area is 162 Å². The van der Waals surface area contributed by atoms with Crippen LogP contribution in [-0.2, 0) is 0 Å². The van der Waals surface area contributed by atoms with Crippen molar-refractivity contribution in [2.24, 2.45) is 5.92 Å². The van der Waals surface area contributed by atoms with Gasteiger partial charge in [0.15, 0.2) is 0 Å². The van der Waals surface area contributed by atoms with Crippen LogP contribution in [0.5, 0.6) is 0 Å². The van der Waals surface area contributed by atoms with Gasteiger partial charge in [0.25, 0.3) is 5.91 Å². The molecule has 1 amide bonds. The van der Waals surface area contributed by atoms with Gasteiger partial charge in [0, 0.05) is 36.8 Å². The zero-order valence-electron chi connectivity index (χ0n) is 14.9. The first-order chi connectivity index (χ1) is 12.6. The molecule has 1 aliphatic heterocycles. The van der Waals surface area contributed by atoms with E-state index >= 15 is 0 Å². The number of anilines is 1. The molecule has 0 N–H and O–H groups in total. The number of amides is 1. The molecule has 0 aliphatic carbocycles. The summed E-state index contributed by atoms with van der Waals surface area (Å²) in [6, 6.07) is 10.4. The van der Waals surface area contributed by atoms with Crippen LogP contribution in [0.1, 0.15) is 30.1 Å². The number of carbonyl (C=O) groups is 1. The molecule has 4 nitrogen and oxygen atoms in total. The molecule has 0 spiro atoms. The topological polar surface area (TPSA) is 36.4 Å². The van der Waals surface area contributed by atoms with Gasteiger partial charge in [-0.25, -0.2) is 9.37 Å². The fraction of sp³-hybridized carbons (Fsp3) is 0.400. The Balaban J connectivity index is 1.61. The van der Waals surface area contributed by atoms with E-state index in [2.05, 4.69) is 25.8 Å². The first kappa shape index (κ1) is 18.8. The highest BCUT2D eigenvalue weighted by molar-refractivity contribution is 9.10. The molecule has 6 heteroatoms. The third-order valence-corrected chi connectivity index (χ3v) is 5.39. The quantitative estimate of drug-likeness (QED) is 0.721. The molecule has 1 fully saturated rings. The van der Waals surface area contributed by atoms with Crippen molar-refractivity contribution in [1.82, 2.24) is 9.88 Å². The van der Waals surface area contributed by atoms with E-state index in [0.29, 0.717) is 23.5 Å². The van der Waals surface area contributed by atoms with Gasteiger partial charge in [0.2, 0.25) is 0 Å². The van der Waals surface area contributed by atoms with Gasteiger partial charge >= 0.3 is 0 Å². The van der Waals surface area contributed by atoms with Crippen LogP contribution >= 0.6 is 15.9 Å². The number of nitrogens with zero attached hydrogens (tertiary/aromatic N) is 3. The zero-order chi connectivity index (χ0) is 18.5. The van der Waals surface area contributed by atoms with Crippen LogP contribution in [0.3, 0.4) is 0 Å². The number of rotatable bonds is 5. The molecule has 26 heavy (non-hydrogen) atoms. The number of aromatic nitrogens is 1. The molecule has 138 valence electrons. The minimum Gasteiger partial charge on any atom is -0.357 e. The van der Waals surface area contributed by atoms with Gasteiger partial charge in [-0.2, -0.15) is 0 Å². The Hall–Kier alpha value is -1.95. The molecule has 0 radical (unpaired) electrons. The Kier molecular flexibility index (Phi) is 6.25. The molecule has 0 bridgehead atoms. The average molecular weight is 420 g/mol. The van der Waals surface area contributed by atoms with Gasteiger partial charge in [-0.15, -0.1) is 0 Å². The summed E-state index contributed by atoms with van der Waals surface area (Å²) in [5.74, 6) is 0.722. The second-order valence-corrected chi connectivity index (χ2v) is 7.50. The number of pyridine rings is 1. The van der Waals surface area contributed by atoms with Gasteiger partial charge in [-0.05, 0) is 56.0 Å². The fourth-order valence-electron chi connectivity index (χ4n) is 3.38. The van der Waals surface area contributed by atoms with Gasteiger partial charge in [0.05, 0.1) is 5.56 Å². The maximum absolute atomic E-state index is 14.1. The predicted octanol–water partition coefficient (Wildman–Crippen LogP) is 4.36. The lowest BCUT2D eigenvalue weighted by Crippen LogP contribution is -2.41. The van der Waals surface area contributed by atoms with E-state index in [1.807, 2.05) is 31.3 Å². The maximum atomic E-state index is 14.1. The number of hydrogen-bond donors (Lipinski definition) is 0. The van der Waals surface area contributed by atoms with Crippen molar-refractivity contribution in [3.05, 3.63) is 58.4 Å². The molecule has 3 rings (SSSR count). The normalized spacial score (nSPS) is 15.1. The fourth-order valence-corrected chi connectivity index (χ4v) is 3.75.